The zero-order valence-corrected chi connectivity index (χ0v) is 29.0. The maximum atomic E-state index is 12.6. The van der Waals surface area contributed by atoms with E-state index >= 15 is 0 Å². The van der Waals surface area contributed by atoms with Gasteiger partial charge < -0.3 is 21.1 Å². The maximum absolute atomic E-state index is 12.6. The van der Waals surface area contributed by atoms with Crippen LogP contribution in [0.3, 0.4) is 0 Å². The molecule has 5 N–H and O–H groups in total. The van der Waals surface area contributed by atoms with E-state index in [9.17, 15) is 19.4 Å². The summed E-state index contributed by atoms with van der Waals surface area (Å²) in [6.45, 7) is 3.88. The molecule has 0 bridgehead atoms. The Hall–Kier alpha value is -2.06. The van der Waals surface area contributed by atoms with Crippen molar-refractivity contribution in [1.82, 2.24) is 5.32 Å². The van der Waals surface area contributed by atoms with Gasteiger partial charge in [0.25, 0.3) is 0 Å². The standard InChI is InChI=1S/C36H63N2O6P/c1-3-5-7-9-11-12-13-14-15-16-17-18-19-20-21-22-24-26-28-30-36(40)38-34(33-44-45(41,42)43-32-31-37)35(39)29-27-25-23-10-8-6-4-2/h5,7,11-12,14-15,17-18,20-21,27,29,34-35,39H,3-4,6,8-10,13,16,19,22-26,28,30-33,37H2,1-2H3,(H,38,40)(H,41,42)/b7-5-,12-11-,15-14-,18-17-,21-20-,29-27+. The van der Waals surface area contributed by atoms with E-state index in [4.69, 9.17) is 14.8 Å². The van der Waals surface area contributed by atoms with Crippen molar-refractivity contribution in [3.63, 3.8) is 0 Å². The average Bonchev–Trinajstić information content (AvgIpc) is 3.02. The number of phosphoric ester groups is 1. The van der Waals surface area contributed by atoms with Gasteiger partial charge in [0.1, 0.15) is 0 Å². The summed E-state index contributed by atoms with van der Waals surface area (Å²) in [5.41, 5.74) is 5.32. The Kier molecular flexibility index (Phi) is 30.4. The number of carbonyl (C=O) groups excluding carboxylic acids is 1. The molecule has 0 spiro atoms. The van der Waals surface area contributed by atoms with Crippen molar-refractivity contribution in [2.45, 2.75) is 129 Å². The molecule has 0 aromatic heterocycles. The van der Waals surface area contributed by atoms with Crippen LogP contribution in [-0.2, 0) is 18.4 Å². The second kappa shape index (κ2) is 31.9. The number of nitrogens with two attached hydrogens (primary N) is 1. The minimum absolute atomic E-state index is 0.0682. The molecule has 8 nitrogen and oxygen atoms in total. The Morgan fingerprint density at radius 3 is 1.87 bits per heavy atom. The Balaban J connectivity index is 4.34. The lowest BCUT2D eigenvalue weighted by Gasteiger charge is -2.23. The number of aliphatic hydroxyl groups is 1. The molecule has 258 valence electrons. The van der Waals surface area contributed by atoms with Gasteiger partial charge >= 0.3 is 7.82 Å². The van der Waals surface area contributed by atoms with Crippen molar-refractivity contribution < 1.29 is 28.4 Å². The molecule has 0 aliphatic rings. The molecule has 0 radical (unpaired) electrons. The fourth-order valence-corrected chi connectivity index (χ4v) is 4.97. The predicted molar refractivity (Wildman–Crippen MR) is 189 cm³/mol. The highest BCUT2D eigenvalue weighted by molar-refractivity contribution is 7.47. The van der Waals surface area contributed by atoms with Crippen LogP contribution in [0.2, 0.25) is 0 Å². The van der Waals surface area contributed by atoms with Crippen LogP contribution >= 0.6 is 7.82 Å². The van der Waals surface area contributed by atoms with Crippen LogP contribution in [0.1, 0.15) is 117 Å². The quantitative estimate of drug-likeness (QED) is 0.0348. The highest BCUT2D eigenvalue weighted by Gasteiger charge is 2.26. The lowest BCUT2D eigenvalue weighted by molar-refractivity contribution is -0.123. The van der Waals surface area contributed by atoms with Crippen LogP contribution in [0.15, 0.2) is 72.9 Å². The third-order valence-corrected chi connectivity index (χ3v) is 7.77. The highest BCUT2D eigenvalue weighted by atomic mass is 31.2. The van der Waals surface area contributed by atoms with Crippen molar-refractivity contribution in [1.29, 1.82) is 0 Å². The molecule has 0 aliphatic heterocycles. The number of aliphatic hydroxyl groups excluding tert-OH is 1. The van der Waals surface area contributed by atoms with Gasteiger partial charge in [0, 0.05) is 13.0 Å². The molecule has 3 unspecified atom stereocenters. The smallest absolute Gasteiger partial charge is 0.387 e. The number of hydrogen-bond donors (Lipinski definition) is 4. The molecular formula is C36H63N2O6P. The summed E-state index contributed by atoms with van der Waals surface area (Å²) in [5, 5.41) is 13.4. The van der Waals surface area contributed by atoms with E-state index in [1.807, 2.05) is 6.08 Å². The summed E-state index contributed by atoms with van der Waals surface area (Å²) in [6.07, 6.45) is 39.6. The molecule has 0 rings (SSSR count). The average molecular weight is 651 g/mol. The van der Waals surface area contributed by atoms with Gasteiger partial charge in [0.2, 0.25) is 5.91 Å². The van der Waals surface area contributed by atoms with Crippen LogP contribution in [0.5, 0.6) is 0 Å². The third kappa shape index (κ3) is 30.4. The number of hydrogen-bond acceptors (Lipinski definition) is 6. The van der Waals surface area contributed by atoms with Crippen molar-refractivity contribution >= 4 is 13.7 Å². The van der Waals surface area contributed by atoms with Crippen LogP contribution in [-0.4, -0.2) is 47.8 Å². The van der Waals surface area contributed by atoms with Gasteiger partial charge in [-0.25, -0.2) is 4.57 Å². The van der Waals surface area contributed by atoms with E-state index in [0.717, 1.165) is 70.6 Å². The first-order valence-electron chi connectivity index (χ1n) is 17.1. The number of nitrogens with one attached hydrogen (secondary N) is 1. The summed E-state index contributed by atoms with van der Waals surface area (Å²) in [4.78, 5) is 22.4. The summed E-state index contributed by atoms with van der Waals surface area (Å²) >= 11 is 0. The zero-order valence-electron chi connectivity index (χ0n) is 28.1. The van der Waals surface area contributed by atoms with Gasteiger partial charge in [-0.1, -0.05) is 119 Å². The molecule has 1 amide bonds. The van der Waals surface area contributed by atoms with Gasteiger partial charge in [-0.2, -0.15) is 0 Å². The topological polar surface area (TPSA) is 131 Å². The Morgan fingerprint density at radius 1 is 0.756 bits per heavy atom. The molecule has 45 heavy (non-hydrogen) atoms. The van der Waals surface area contributed by atoms with E-state index in [1.54, 1.807) is 6.08 Å². The lowest BCUT2D eigenvalue weighted by Crippen LogP contribution is -2.45. The minimum atomic E-state index is -4.34. The molecule has 0 aliphatic carbocycles. The van der Waals surface area contributed by atoms with Gasteiger partial charge in [-0.3, -0.25) is 13.8 Å². The van der Waals surface area contributed by atoms with E-state index in [-0.39, 0.29) is 25.7 Å². The second-order valence-electron chi connectivity index (χ2n) is 11.0. The SMILES string of the molecule is CC/C=C\C/C=C\C/C=C\C/C=C\C/C=C\CCCCCC(=O)NC(COP(=O)(O)OCCN)C(O)/C=C/CCCCCCC. The third-order valence-electron chi connectivity index (χ3n) is 6.79. The zero-order chi connectivity index (χ0) is 33.3. The number of unbranched alkanes of at least 4 members (excludes halogenated alkanes) is 8. The normalized spacial score (nSPS) is 15.4. The Bertz CT molecular complexity index is 929. The van der Waals surface area contributed by atoms with E-state index < -0.39 is 20.0 Å². The van der Waals surface area contributed by atoms with Crippen LogP contribution in [0.4, 0.5) is 0 Å². The molecule has 0 saturated carbocycles. The first-order chi connectivity index (χ1) is 21.9. The maximum Gasteiger partial charge on any atom is 0.472 e. The molecule has 0 saturated heterocycles. The molecule has 0 fully saturated rings. The van der Waals surface area contributed by atoms with Crippen molar-refractivity contribution in [3.8, 4) is 0 Å². The van der Waals surface area contributed by atoms with Crippen LogP contribution in [0.25, 0.3) is 0 Å². The van der Waals surface area contributed by atoms with Gasteiger partial charge in [-0.15, -0.1) is 0 Å². The van der Waals surface area contributed by atoms with E-state index in [1.165, 1.54) is 19.3 Å². The molecule has 9 heteroatoms. The van der Waals surface area contributed by atoms with Crippen LogP contribution < -0.4 is 11.1 Å². The molecular weight excluding hydrogens is 587 g/mol. The number of phosphoric acid groups is 1. The van der Waals surface area contributed by atoms with Gasteiger partial charge in [0.05, 0.1) is 25.4 Å². The van der Waals surface area contributed by atoms with Gasteiger partial charge in [0.15, 0.2) is 0 Å². The summed E-state index contributed by atoms with van der Waals surface area (Å²) in [7, 11) is -4.34. The van der Waals surface area contributed by atoms with Crippen LogP contribution in [0, 0.1) is 0 Å². The number of allylic oxidation sites excluding steroid dienone is 11. The number of rotatable bonds is 30. The molecule has 3 atom stereocenters. The highest BCUT2D eigenvalue weighted by Crippen LogP contribution is 2.43. The monoisotopic (exact) mass is 650 g/mol. The second-order valence-corrected chi connectivity index (χ2v) is 12.4. The molecule has 0 aromatic carbocycles. The summed E-state index contributed by atoms with van der Waals surface area (Å²) in [6, 6.07) is -0.878. The first kappa shape index (κ1) is 42.9. The molecule has 0 aromatic rings. The van der Waals surface area contributed by atoms with E-state index in [2.05, 4.69) is 79.9 Å². The van der Waals surface area contributed by atoms with Crippen molar-refractivity contribution in [2.24, 2.45) is 5.73 Å². The summed E-state index contributed by atoms with van der Waals surface area (Å²) in [5.74, 6) is -0.235. The lowest BCUT2D eigenvalue weighted by atomic mass is 10.1. The minimum Gasteiger partial charge on any atom is -0.387 e. The summed E-state index contributed by atoms with van der Waals surface area (Å²) < 4.78 is 21.9. The number of amides is 1. The fraction of sp³-hybridized carbons (Fsp3) is 0.639. The first-order valence-corrected chi connectivity index (χ1v) is 18.6. The predicted octanol–water partition coefficient (Wildman–Crippen LogP) is 8.54. The Labute approximate surface area is 274 Å². The van der Waals surface area contributed by atoms with Crippen molar-refractivity contribution in [2.75, 3.05) is 19.8 Å². The van der Waals surface area contributed by atoms with Crippen molar-refractivity contribution in [3.05, 3.63) is 72.9 Å². The van der Waals surface area contributed by atoms with E-state index in [0.29, 0.717) is 12.8 Å². The largest absolute Gasteiger partial charge is 0.472 e. The fourth-order valence-electron chi connectivity index (χ4n) is 4.21. The number of carbonyl (C=O) groups is 1. The Morgan fingerprint density at radius 2 is 1.29 bits per heavy atom. The van der Waals surface area contributed by atoms with Gasteiger partial charge in [-0.05, 0) is 64.2 Å². The molecule has 0 heterocycles.